The zero-order chi connectivity index (χ0) is 11.3. The number of allylic oxidation sites excluding steroid dienone is 4. The number of carbonyl (C=O) groups is 1. The molecule has 3 heteroatoms. The fourth-order valence-corrected chi connectivity index (χ4v) is 1.26. The van der Waals surface area contributed by atoms with Crippen LogP contribution in [0.25, 0.3) is 0 Å². The van der Waals surface area contributed by atoms with Crippen LogP contribution in [0.5, 0.6) is 0 Å². The van der Waals surface area contributed by atoms with E-state index in [1.54, 1.807) is 26.0 Å². The van der Waals surface area contributed by atoms with Crippen LogP contribution in [0, 0.1) is 0 Å². The lowest BCUT2D eigenvalue weighted by Crippen LogP contribution is -2.24. The minimum atomic E-state index is -0.190. The van der Waals surface area contributed by atoms with Crippen LogP contribution in [0.1, 0.15) is 20.3 Å². The number of carbonyl (C=O) groups excluding carboxylic acids is 1. The van der Waals surface area contributed by atoms with Gasteiger partial charge in [-0.15, -0.1) is 0 Å². The Kier molecular flexibility index (Phi) is 3.92. The number of aliphatic hydroxyl groups is 1. The van der Waals surface area contributed by atoms with Crippen molar-refractivity contribution >= 4 is 5.91 Å². The maximum absolute atomic E-state index is 11.6. The molecule has 0 bridgehead atoms. The normalized spacial score (nSPS) is 16.5. The summed E-state index contributed by atoms with van der Waals surface area (Å²) in [5, 5.41) is 12.1. The summed E-state index contributed by atoms with van der Waals surface area (Å²) in [6.07, 6.45) is 9.52. The smallest absolute Gasteiger partial charge is 0.255 e. The van der Waals surface area contributed by atoms with Crippen LogP contribution in [0.15, 0.2) is 47.4 Å². The van der Waals surface area contributed by atoms with Gasteiger partial charge in [0.1, 0.15) is 5.76 Å². The van der Waals surface area contributed by atoms with Gasteiger partial charge in [-0.2, -0.15) is 0 Å². The van der Waals surface area contributed by atoms with Crippen molar-refractivity contribution in [3.8, 4) is 0 Å². The summed E-state index contributed by atoms with van der Waals surface area (Å²) in [6.45, 7) is 3.47. The molecule has 0 heterocycles. The number of aliphatic hydroxyl groups excluding tert-OH is 1. The average molecular weight is 205 g/mol. The number of amides is 1. The molecule has 0 radical (unpaired) electrons. The van der Waals surface area contributed by atoms with Gasteiger partial charge in [-0.25, -0.2) is 0 Å². The molecule has 1 amide bonds. The molecule has 1 aliphatic carbocycles. The molecule has 15 heavy (non-hydrogen) atoms. The molecule has 3 nitrogen and oxygen atoms in total. The molecule has 0 atom stereocenters. The van der Waals surface area contributed by atoms with Gasteiger partial charge < -0.3 is 10.4 Å². The van der Waals surface area contributed by atoms with Crippen LogP contribution in [-0.2, 0) is 4.79 Å². The molecule has 0 spiro atoms. The summed E-state index contributed by atoms with van der Waals surface area (Å²) in [6, 6.07) is 0. The Balaban J connectivity index is 2.69. The van der Waals surface area contributed by atoms with Crippen molar-refractivity contribution in [2.24, 2.45) is 0 Å². The van der Waals surface area contributed by atoms with Gasteiger partial charge in [0.25, 0.3) is 5.91 Å². The van der Waals surface area contributed by atoms with E-state index in [0.717, 1.165) is 6.42 Å². The molecule has 0 aliphatic heterocycles. The van der Waals surface area contributed by atoms with Crippen molar-refractivity contribution in [3.05, 3.63) is 47.4 Å². The van der Waals surface area contributed by atoms with E-state index in [4.69, 9.17) is 0 Å². The molecular weight excluding hydrogens is 190 g/mol. The molecule has 0 unspecified atom stereocenters. The maximum Gasteiger partial charge on any atom is 0.255 e. The standard InChI is InChI=1S/C12H15NO2/c1-3-10(11(14)4-2)13-12(15)9-7-5-6-8-9/h3-5,7-8,14H,6H2,1-2H3,(H,13,15)/b10-3+,11-4?. The minimum absolute atomic E-state index is 0.0772. The third kappa shape index (κ3) is 2.84. The molecule has 1 rings (SSSR count). The van der Waals surface area contributed by atoms with Gasteiger partial charge in [0.2, 0.25) is 0 Å². The molecule has 80 valence electrons. The molecule has 2 N–H and O–H groups in total. The predicted octanol–water partition coefficient (Wildman–Crippen LogP) is 2.35. The highest BCUT2D eigenvalue weighted by atomic mass is 16.3. The van der Waals surface area contributed by atoms with E-state index in [1.165, 1.54) is 6.08 Å². The Hall–Kier alpha value is -1.77. The number of hydrogen-bond donors (Lipinski definition) is 2. The van der Waals surface area contributed by atoms with Crippen molar-refractivity contribution in [3.63, 3.8) is 0 Å². The Morgan fingerprint density at radius 2 is 2.20 bits per heavy atom. The zero-order valence-corrected chi connectivity index (χ0v) is 8.95. The molecular formula is C12H15NO2. The fourth-order valence-electron chi connectivity index (χ4n) is 1.26. The van der Waals surface area contributed by atoms with E-state index in [1.807, 2.05) is 12.2 Å². The molecule has 0 aromatic rings. The van der Waals surface area contributed by atoms with E-state index in [0.29, 0.717) is 11.3 Å². The summed E-state index contributed by atoms with van der Waals surface area (Å²) in [4.78, 5) is 11.6. The fraction of sp³-hybridized carbons (Fsp3) is 0.250. The number of hydrogen-bond acceptors (Lipinski definition) is 2. The van der Waals surface area contributed by atoms with E-state index < -0.39 is 0 Å². The van der Waals surface area contributed by atoms with Gasteiger partial charge >= 0.3 is 0 Å². The van der Waals surface area contributed by atoms with Gasteiger partial charge in [-0.1, -0.05) is 24.3 Å². The average Bonchev–Trinajstić information content (AvgIpc) is 2.77. The minimum Gasteiger partial charge on any atom is -0.506 e. The lowest BCUT2D eigenvalue weighted by atomic mass is 10.2. The van der Waals surface area contributed by atoms with Crippen molar-refractivity contribution in [2.45, 2.75) is 20.3 Å². The van der Waals surface area contributed by atoms with Crippen molar-refractivity contribution in [2.75, 3.05) is 0 Å². The Morgan fingerprint density at radius 3 is 2.67 bits per heavy atom. The van der Waals surface area contributed by atoms with Crippen molar-refractivity contribution in [1.82, 2.24) is 5.32 Å². The molecule has 0 fully saturated rings. The predicted molar refractivity (Wildman–Crippen MR) is 60.1 cm³/mol. The second-order valence-electron chi connectivity index (χ2n) is 3.13. The lowest BCUT2D eigenvalue weighted by Gasteiger charge is -2.08. The van der Waals surface area contributed by atoms with Gasteiger partial charge in [0.15, 0.2) is 0 Å². The Labute approximate surface area is 89.5 Å². The number of nitrogens with one attached hydrogen (secondary N) is 1. The summed E-state index contributed by atoms with van der Waals surface area (Å²) in [7, 11) is 0. The summed E-state index contributed by atoms with van der Waals surface area (Å²) < 4.78 is 0. The van der Waals surface area contributed by atoms with E-state index in [2.05, 4.69) is 5.32 Å². The third-order valence-electron chi connectivity index (χ3n) is 2.12. The molecule has 0 saturated carbocycles. The Bertz CT molecular complexity index is 373. The first-order chi connectivity index (χ1) is 7.19. The molecule has 0 saturated heterocycles. The maximum atomic E-state index is 11.6. The molecule has 0 aromatic carbocycles. The zero-order valence-electron chi connectivity index (χ0n) is 8.95. The topological polar surface area (TPSA) is 49.3 Å². The van der Waals surface area contributed by atoms with Crippen molar-refractivity contribution in [1.29, 1.82) is 0 Å². The largest absolute Gasteiger partial charge is 0.506 e. The third-order valence-corrected chi connectivity index (χ3v) is 2.12. The summed E-state index contributed by atoms with van der Waals surface area (Å²) >= 11 is 0. The molecule has 1 aliphatic rings. The monoisotopic (exact) mass is 205 g/mol. The van der Waals surface area contributed by atoms with Crippen LogP contribution >= 0.6 is 0 Å². The van der Waals surface area contributed by atoms with Crippen LogP contribution < -0.4 is 5.32 Å². The number of rotatable bonds is 3. The second kappa shape index (κ2) is 5.20. The van der Waals surface area contributed by atoms with Crippen molar-refractivity contribution < 1.29 is 9.90 Å². The lowest BCUT2D eigenvalue weighted by molar-refractivity contribution is -0.116. The second-order valence-corrected chi connectivity index (χ2v) is 3.13. The first-order valence-electron chi connectivity index (χ1n) is 4.89. The highest BCUT2D eigenvalue weighted by Crippen LogP contribution is 2.10. The van der Waals surface area contributed by atoms with E-state index >= 15 is 0 Å². The molecule has 0 aromatic heterocycles. The highest BCUT2D eigenvalue weighted by molar-refractivity contribution is 5.98. The first kappa shape index (κ1) is 11.3. The van der Waals surface area contributed by atoms with Crippen LogP contribution in [0.3, 0.4) is 0 Å². The Morgan fingerprint density at radius 1 is 1.47 bits per heavy atom. The highest BCUT2D eigenvalue weighted by Gasteiger charge is 2.11. The van der Waals surface area contributed by atoms with Crippen LogP contribution in [0.4, 0.5) is 0 Å². The van der Waals surface area contributed by atoms with Gasteiger partial charge in [0.05, 0.1) is 5.70 Å². The van der Waals surface area contributed by atoms with Gasteiger partial charge in [-0.05, 0) is 26.3 Å². The van der Waals surface area contributed by atoms with Crippen LogP contribution in [-0.4, -0.2) is 11.0 Å². The van der Waals surface area contributed by atoms with Gasteiger partial charge in [0, 0.05) is 5.57 Å². The summed E-state index contributed by atoms with van der Waals surface area (Å²) in [5.41, 5.74) is 1.07. The quantitative estimate of drug-likeness (QED) is 0.549. The summed E-state index contributed by atoms with van der Waals surface area (Å²) in [5.74, 6) is -0.112. The van der Waals surface area contributed by atoms with Gasteiger partial charge in [-0.3, -0.25) is 4.79 Å². The first-order valence-corrected chi connectivity index (χ1v) is 4.89. The van der Waals surface area contributed by atoms with Crippen LogP contribution in [0.2, 0.25) is 0 Å². The van der Waals surface area contributed by atoms with E-state index in [9.17, 15) is 9.90 Å². The van der Waals surface area contributed by atoms with E-state index in [-0.39, 0.29) is 11.7 Å². The SMILES string of the molecule is CC=C(O)/C(=C\C)NC(=O)C1=CCC=C1.